The van der Waals surface area contributed by atoms with E-state index in [4.69, 9.17) is 22.3 Å². The molecule has 0 spiro atoms. The van der Waals surface area contributed by atoms with Gasteiger partial charge >= 0.3 is 17.9 Å². The second-order valence-electron chi connectivity index (χ2n) is 12.5. The molecule has 0 aromatic heterocycles. The third-order valence-electron chi connectivity index (χ3n) is 7.74. The van der Waals surface area contributed by atoms with Crippen molar-refractivity contribution in [3.05, 3.63) is 0 Å². The number of rotatable bonds is 27. The minimum atomic E-state index is -1.81. The number of aliphatic hydroxyl groups is 1. The predicted molar refractivity (Wildman–Crippen MR) is 181 cm³/mol. The first kappa shape index (κ1) is 46.6. The van der Waals surface area contributed by atoms with E-state index in [0.29, 0.717) is 45.2 Å². The molecule has 0 aliphatic carbocycles. The highest BCUT2D eigenvalue weighted by atomic mass is 16.4. The fourth-order valence-corrected chi connectivity index (χ4v) is 4.71. The van der Waals surface area contributed by atoms with E-state index in [2.05, 4.69) is 26.6 Å². The Balaban J connectivity index is 6.14. The molecule has 0 unspecified atom stereocenters. The first-order valence-corrected chi connectivity index (χ1v) is 16.9. The maximum atomic E-state index is 13.4. The summed E-state index contributed by atoms with van der Waals surface area (Å²) >= 11 is 0. The minimum absolute atomic E-state index is 0.0929. The number of hydrogen-bond donors (Lipinski definition) is 12. The highest BCUT2D eigenvalue weighted by Crippen LogP contribution is 2.09. The Morgan fingerprint density at radius 1 is 0.529 bits per heavy atom. The average Bonchev–Trinajstić information content (AvgIpc) is 3.04. The van der Waals surface area contributed by atoms with Crippen LogP contribution in [0.3, 0.4) is 0 Å². The number of carboxylic acids is 3. The first-order valence-electron chi connectivity index (χ1n) is 16.9. The van der Waals surface area contributed by atoms with Crippen molar-refractivity contribution >= 4 is 47.4 Å². The molecular weight excluding hydrogens is 676 g/mol. The van der Waals surface area contributed by atoms with Gasteiger partial charge in [-0.1, -0.05) is 20.3 Å². The number of nitrogens with one attached hydrogen (secondary N) is 5. The lowest BCUT2D eigenvalue weighted by Crippen LogP contribution is -2.61. The van der Waals surface area contributed by atoms with E-state index in [-0.39, 0.29) is 6.42 Å². The number of amides is 5. The van der Waals surface area contributed by atoms with Gasteiger partial charge in [-0.15, -0.1) is 0 Å². The van der Waals surface area contributed by atoms with Crippen LogP contribution in [0.5, 0.6) is 0 Å². The summed E-state index contributed by atoms with van der Waals surface area (Å²) in [4.78, 5) is 100. The molecule has 0 heterocycles. The van der Waals surface area contributed by atoms with Crippen LogP contribution in [0.1, 0.15) is 85.0 Å². The average molecular weight is 733 g/mol. The summed E-state index contributed by atoms with van der Waals surface area (Å²) in [6, 6.07) is -8.55. The summed E-state index contributed by atoms with van der Waals surface area (Å²) in [5.41, 5.74) is 17.0. The Hall–Kier alpha value is -4.40. The second-order valence-corrected chi connectivity index (χ2v) is 12.5. The van der Waals surface area contributed by atoms with Crippen molar-refractivity contribution in [1.29, 1.82) is 0 Å². The maximum absolute atomic E-state index is 13.4. The SMILES string of the molecule is CC(C)[C@H](NC(=O)[C@H](CCC(=O)O)NC(=O)[C@@H](NC(=O)[C@H](CCC(=O)O)NC(=O)[C@H](CCCCN)NC(=O)[C@@H](N)CCCCN)[C@@H](C)O)C(=O)O. The lowest BCUT2D eigenvalue weighted by atomic mass is 10.0. The summed E-state index contributed by atoms with van der Waals surface area (Å²) in [7, 11) is 0. The van der Waals surface area contributed by atoms with Gasteiger partial charge in [0.25, 0.3) is 0 Å². The molecule has 292 valence electrons. The quantitative estimate of drug-likeness (QED) is 0.0371. The van der Waals surface area contributed by atoms with Gasteiger partial charge in [-0.05, 0) is 70.9 Å². The molecule has 51 heavy (non-hydrogen) atoms. The molecule has 5 amide bonds. The van der Waals surface area contributed by atoms with Crippen molar-refractivity contribution in [2.24, 2.45) is 23.1 Å². The normalized spacial score (nSPS) is 15.2. The number of carbonyl (C=O) groups excluding carboxylic acids is 5. The summed E-state index contributed by atoms with van der Waals surface area (Å²) in [6.07, 6.45) is -1.35. The number of carbonyl (C=O) groups is 8. The highest BCUT2D eigenvalue weighted by molar-refractivity contribution is 5.96. The van der Waals surface area contributed by atoms with Gasteiger partial charge in [-0.2, -0.15) is 0 Å². The van der Waals surface area contributed by atoms with Gasteiger partial charge in [0.15, 0.2) is 0 Å². The van der Waals surface area contributed by atoms with Crippen LogP contribution in [0.25, 0.3) is 0 Å². The largest absolute Gasteiger partial charge is 0.481 e. The summed E-state index contributed by atoms with van der Waals surface area (Å²) in [5.74, 6) is -9.42. The number of nitrogens with two attached hydrogens (primary N) is 3. The lowest BCUT2D eigenvalue weighted by Gasteiger charge is -2.28. The Bertz CT molecular complexity index is 1190. The van der Waals surface area contributed by atoms with Crippen LogP contribution < -0.4 is 43.8 Å². The third-order valence-corrected chi connectivity index (χ3v) is 7.74. The van der Waals surface area contributed by atoms with E-state index in [1.807, 2.05) is 0 Å². The molecule has 0 fully saturated rings. The van der Waals surface area contributed by atoms with Gasteiger partial charge in [-0.25, -0.2) is 4.79 Å². The van der Waals surface area contributed by atoms with Crippen LogP contribution in [0.2, 0.25) is 0 Å². The van der Waals surface area contributed by atoms with Crippen molar-refractivity contribution in [2.75, 3.05) is 13.1 Å². The minimum Gasteiger partial charge on any atom is -0.481 e. The zero-order chi connectivity index (χ0) is 39.3. The third kappa shape index (κ3) is 19.0. The maximum Gasteiger partial charge on any atom is 0.326 e. The van der Waals surface area contributed by atoms with Gasteiger partial charge in [0.2, 0.25) is 29.5 Å². The molecule has 0 rings (SSSR count). The molecule has 0 aromatic rings. The van der Waals surface area contributed by atoms with E-state index in [1.165, 1.54) is 13.8 Å². The van der Waals surface area contributed by atoms with Crippen molar-refractivity contribution in [2.45, 2.75) is 127 Å². The van der Waals surface area contributed by atoms with E-state index in [1.54, 1.807) is 0 Å². The van der Waals surface area contributed by atoms with Gasteiger partial charge in [0.05, 0.1) is 12.1 Å². The Morgan fingerprint density at radius 3 is 1.33 bits per heavy atom. The molecule has 0 aliphatic rings. The molecule has 0 radical (unpaired) electrons. The molecule has 20 heteroatoms. The highest BCUT2D eigenvalue weighted by Gasteiger charge is 2.35. The van der Waals surface area contributed by atoms with Crippen LogP contribution in [-0.2, 0) is 38.4 Å². The van der Waals surface area contributed by atoms with E-state index in [0.717, 1.165) is 6.92 Å². The second kappa shape index (κ2) is 24.7. The topological polar surface area (TPSA) is 356 Å². The van der Waals surface area contributed by atoms with Crippen molar-refractivity contribution < 1.29 is 58.8 Å². The Morgan fingerprint density at radius 2 is 0.922 bits per heavy atom. The zero-order valence-corrected chi connectivity index (χ0v) is 29.4. The zero-order valence-electron chi connectivity index (χ0n) is 29.4. The van der Waals surface area contributed by atoms with Crippen molar-refractivity contribution in [3.8, 4) is 0 Å². The molecule has 7 atom stereocenters. The van der Waals surface area contributed by atoms with Crippen LogP contribution >= 0.6 is 0 Å². The van der Waals surface area contributed by atoms with Crippen LogP contribution in [-0.4, -0.2) is 123 Å². The Kier molecular flexibility index (Phi) is 22.6. The van der Waals surface area contributed by atoms with Crippen LogP contribution in [0, 0.1) is 5.92 Å². The number of aliphatic hydroxyl groups excluding tert-OH is 1. The summed E-state index contributed by atoms with van der Waals surface area (Å²) in [5, 5.41) is 49.9. The monoisotopic (exact) mass is 732 g/mol. The summed E-state index contributed by atoms with van der Waals surface area (Å²) < 4.78 is 0. The van der Waals surface area contributed by atoms with Crippen LogP contribution in [0.4, 0.5) is 0 Å². The standard InChI is InChI=1S/C31H56N8O12/c1-16(2)24(31(50)51)38-28(47)21(11-13-23(43)44)37-30(49)25(17(3)40)39-29(48)20(10-12-22(41)42)36-27(46)19(9-5-7-15-33)35-26(45)18(34)8-4-6-14-32/h16-21,24-25,40H,4-15,32-34H2,1-3H3,(H,35,45)(H,36,46)(H,37,49)(H,38,47)(H,39,48)(H,41,42)(H,43,44)(H,50,51)/t17-,18+,19+,20+,21+,24+,25+/m1/s1. The molecule has 0 aliphatic heterocycles. The molecule has 0 saturated carbocycles. The molecular formula is C31H56N8O12. The van der Waals surface area contributed by atoms with Gasteiger partial charge < -0.3 is 64.2 Å². The molecule has 0 saturated heterocycles. The molecule has 0 bridgehead atoms. The Labute approximate surface area is 296 Å². The van der Waals surface area contributed by atoms with Crippen LogP contribution in [0.15, 0.2) is 0 Å². The van der Waals surface area contributed by atoms with Crippen molar-refractivity contribution in [3.63, 3.8) is 0 Å². The fourth-order valence-electron chi connectivity index (χ4n) is 4.71. The molecule has 0 aromatic carbocycles. The van der Waals surface area contributed by atoms with E-state index < -0.39 is 121 Å². The molecule has 15 N–H and O–H groups in total. The number of hydrogen-bond acceptors (Lipinski definition) is 12. The fraction of sp³-hybridized carbons (Fsp3) is 0.742. The molecule has 20 nitrogen and oxygen atoms in total. The van der Waals surface area contributed by atoms with Gasteiger partial charge in [0.1, 0.15) is 30.2 Å². The number of aliphatic carboxylic acids is 3. The van der Waals surface area contributed by atoms with Gasteiger partial charge in [0, 0.05) is 12.8 Å². The smallest absolute Gasteiger partial charge is 0.326 e. The predicted octanol–water partition coefficient (Wildman–Crippen LogP) is -3.15. The van der Waals surface area contributed by atoms with Gasteiger partial charge in [-0.3, -0.25) is 33.6 Å². The summed E-state index contributed by atoms with van der Waals surface area (Å²) in [6.45, 7) is 4.84. The number of carboxylic acid groups (broad SMARTS) is 3. The lowest BCUT2D eigenvalue weighted by molar-refractivity contribution is -0.144. The number of unbranched alkanes of at least 4 members (excludes halogenated alkanes) is 2. The first-order chi connectivity index (χ1) is 23.9. The van der Waals surface area contributed by atoms with E-state index >= 15 is 0 Å². The van der Waals surface area contributed by atoms with Crippen molar-refractivity contribution in [1.82, 2.24) is 26.6 Å². The van der Waals surface area contributed by atoms with E-state index in [9.17, 15) is 53.7 Å².